The molecule has 3 nitrogen and oxygen atoms in total. The van der Waals surface area contributed by atoms with E-state index in [-0.39, 0.29) is 0 Å². The lowest BCUT2D eigenvalue weighted by Crippen LogP contribution is -1.95. The fourth-order valence-electron chi connectivity index (χ4n) is 0.993. The third-order valence-electron chi connectivity index (χ3n) is 1.57. The normalized spacial score (nSPS) is 9.46. The minimum atomic E-state index is 0.333. The van der Waals surface area contributed by atoms with Crippen LogP contribution in [0.25, 0.3) is 6.08 Å². The molecule has 1 rings (SSSR count). The number of pyridine rings is 1. The van der Waals surface area contributed by atoms with Gasteiger partial charge in [0.2, 0.25) is 5.88 Å². The molecule has 0 aromatic carbocycles. The van der Waals surface area contributed by atoms with Gasteiger partial charge in [-0.2, -0.15) is 0 Å². The van der Waals surface area contributed by atoms with Crippen molar-refractivity contribution in [2.45, 2.75) is 0 Å². The Morgan fingerprint density at radius 1 is 1.46 bits per heavy atom. The van der Waals surface area contributed by atoms with Gasteiger partial charge in [0.15, 0.2) is 0 Å². The molecule has 0 aliphatic carbocycles. The van der Waals surface area contributed by atoms with Crippen molar-refractivity contribution in [1.29, 1.82) is 0 Å². The van der Waals surface area contributed by atoms with Crippen molar-refractivity contribution < 1.29 is 9.47 Å². The quantitative estimate of drug-likeness (QED) is 0.701. The number of halogens is 1. The molecule has 0 aliphatic heterocycles. The highest BCUT2D eigenvalue weighted by atomic mass is 35.5. The summed E-state index contributed by atoms with van der Waals surface area (Å²) in [6.45, 7) is 3.63. The molecule has 1 aromatic heterocycles. The Bertz CT molecular complexity index is 300. The van der Waals surface area contributed by atoms with Crippen molar-refractivity contribution in [3.63, 3.8) is 0 Å². The van der Waals surface area contributed by atoms with Crippen LogP contribution in [0.4, 0.5) is 0 Å². The average Bonchev–Trinajstić information content (AvgIpc) is 2.16. The molecule has 0 radical (unpaired) electrons. The van der Waals surface area contributed by atoms with Gasteiger partial charge < -0.3 is 9.47 Å². The van der Waals surface area contributed by atoms with Crippen molar-refractivity contribution in [3.8, 4) is 11.6 Å². The Hall–Kier alpha value is -1.22. The van der Waals surface area contributed by atoms with Crippen LogP contribution in [0.5, 0.6) is 11.6 Å². The second-order valence-corrected chi connectivity index (χ2v) is 2.66. The van der Waals surface area contributed by atoms with Crippen molar-refractivity contribution in [3.05, 3.63) is 23.4 Å². The molecule has 0 amide bonds. The molecule has 1 aromatic rings. The van der Waals surface area contributed by atoms with E-state index < -0.39 is 0 Å². The van der Waals surface area contributed by atoms with Crippen molar-refractivity contribution in [2.24, 2.45) is 0 Å². The van der Waals surface area contributed by atoms with Crippen LogP contribution in [0.2, 0.25) is 5.15 Å². The Balaban J connectivity index is 3.33. The first-order chi connectivity index (χ1) is 6.22. The molecule has 0 spiro atoms. The number of hydrogen-bond donors (Lipinski definition) is 0. The first-order valence-corrected chi connectivity index (χ1v) is 4.01. The Kier molecular flexibility index (Phi) is 3.14. The number of rotatable bonds is 3. The highest BCUT2D eigenvalue weighted by Gasteiger charge is 2.09. The molecular formula is C9H10ClNO2. The molecule has 0 bridgehead atoms. The molecule has 0 saturated carbocycles. The van der Waals surface area contributed by atoms with Gasteiger partial charge in [0.05, 0.1) is 19.8 Å². The first-order valence-electron chi connectivity index (χ1n) is 3.64. The van der Waals surface area contributed by atoms with E-state index in [1.165, 1.54) is 7.11 Å². The van der Waals surface area contributed by atoms with Crippen LogP contribution in [-0.2, 0) is 0 Å². The SMILES string of the molecule is C=Cc1c(OC)cc(Cl)nc1OC. The molecule has 70 valence electrons. The van der Waals surface area contributed by atoms with Crippen LogP contribution in [0, 0.1) is 0 Å². The molecule has 1 heterocycles. The largest absolute Gasteiger partial charge is 0.496 e. The minimum Gasteiger partial charge on any atom is -0.496 e. The molecule has 0 saturated heterocycles. The van der Waals surface area contributed by atoms with Crippen molar-refractivity contribution in [1.82, 2.24) is 4.98 Å². The van der Waals surface area contributed by atoms with E-state index in [9.17, 15) is 0 Å². The third kappa shape index (κ3) is 1.92. The van der Waals surface area contributed by atoms with Gasteiger partial charge in [-0.15, -0.1) is 0 Å². The zero-order chi connectivity index (χ0) is 9.84. The van der Waals surface area contributed by atoms with E-state index in [1.807, 2.05) is 0 Å². The zero-order valence-corrected chi connectivity index (χ0v) is 8.26. The molecule has 4 heteroatoms. The first kappa shape index (κ1) is 9.86. The van der Waals surface area contributed by atoms with Gasteiger partial charge in [0, 0.05) is 6.07 Å². The van der Waals surface area contributed by atoms with Crippen LogP contribution < -0.4 is 9.47 Å². The van der Waals surface area contributed by atoms with Gasteiger partial charge in [-0.1, -0.05) is 24.3 Å². The molecule has 0 aliphatic rings. The second-order valence-electron chi connectivity index (χ2n) is 2.27. The topological polar surface area (TPSA) is 31.4 Å². The smallest absolute Gasteiger partial charge is 0.225 e. The number of ether oxygens (including phenoxy) is 2. The van der Waals surface area contributed by atoms with E-state index in [0.29, 0.717) is 22.3 Å². The van der Waals surface area contributed by atoms with Crippen LogP contribution in [0.15, 0.2) is 12.6 Å². The lowest BCUT2D eigenvalue weighted by molar-refractivity contribution is 0.380. The van der Waals surface area contributed by atoms with Crippen LogP contribution >= 0.6 is 11.6 Å². The average molecular weight is 200 g/mol. The molecule has 13 heavy (non-hydrogen) atoms. The summed E-state index contributed by atoms with van der Waals surface area (Å²) >= 11 is 5.73. The fourth-order valence-corrected chi connectivity index (χ4v) is 1.17. The minimum absolute atomic E-state index is 0.333. The number of hydrogen-bond acceptors (Lipinski definition) is 3. The number of nitrogens with zero attached hydrogens (tertiary/aromatic N) is 1. The van der Waals surface area contributed by atoms with E-state index in [0.717, 1.165) is 0 Å². The predicted octanol–water partition coefficient (Wildman–Crippen LogP) is 2.40. The summed E-state index contributed by atoms with van der Waals surface area (Å²) in [7, 11) is 3.07. The van der Waals surface area contributed by atoms with Crippen LogP contribution in [0.3, 0.4) is 0 Å². The molecular weight excluding hydrogens is 190 g/mol. The predicted molar refractivity (Wildman–Crippen MR) is 52.4 cm³/mol. The molecule has 0 atom stereocenters. The van der Waals surface area contributed by atoms with Gasteiger partial charge in [-0.25, -0.2) is 4.98 Å². The van der Waals surface area contributed by atoms with Crippen LogP contribution in [0.1, 0.15) is 5.56 Å². The summed E-state index contributed by atoms with van der Waals surface area (Å²) in [6, 6.07) is 1.61. The maximum atomic E-state index is 5.73. The van der Waals surface area contributed by atoms with E-state index in [2.05, 4.69) is 11.6 Å². The van der Waals surface area contributed by atoms with Gasteiger partial charge in [0.1, 0.15) is 10.9 Å². The van der Waals surface area contributed by atoms with E-state index >= 15 is 0 Å². The Labute approximate surface area is 82.0 Å². The molecule has 0 unspecified atom stereocenters. The monoisotopic (exact) mass is 199 g/mol. The highest BCUT2D eigenvalue weighted by Crippen LogP contribution is 2.30. The summed E-state index contributed by atoms with van der Waals surface area (Å²) in [5.41, 5.74) is 0.703. The summed E-state index contributed by atoms with van der Waals surface area (Å²) in [4.78, 5) is 3.96. The summed E-state index contributed by atoms with van der Waals surface area (Å²) in [5, 5.41) is 0.333. The lowest BCUT2D eigenvalue weighted by atomic mass is 10.2. The maximum Gasteiger partial charge on any atom is 0.225 e. The number of aromatic nitrogens is 1. The molecule has 0 fully saturated rings. The van der Waals surface area contributed by atoms with Crippen molar-refractivity contribution in [2.75, 3.05) is 14.2 Å². The second kappa shape index (κ2) is 4.14. The van der Waals surface area contributed by atoms with Gasteiger partial charge >= 0.3 is 0 Å². The highest BCUT2D eigenvalue weighted by molar-refractivity contribution is 6.29. The van der Waals surface area contributed by atoms with Gasteiger partial charge in [0.25, 0.3) is 0 Å². The van der Waals surface area contributed by atoms with Gasteiger partial charge in [-0.3, -0.25) is 0 Å². The summed E-state index contributed by atoms with van der Waals surface area (Å²) in [6.07, 6.45) is 1.61. The third-order valence-corrected chi connectivity index (χ3v) is 1.77. The van der Waals surface area contributed by atoms with E-state index in [4.69, 9.17) is 21.1 Å². The number of methoxy groups -OCH3 is 2. The van der Waals surface area contributed by atoms with Gasteiger partial charge in [-0.05, 0) is 0 Å². The Morgan fingerprint density at radius 2 is 2.15 bits per heavy atom. The Morgan fingerprint density at radius 3 is 2.62 bits per heavy atom. The van der Waals surface area contributed by atoms with Crippen LogP contribution in [-0.4, -0.2) is 19.2 Å². The summed E-state index contributed by atoms with van der Waals surface area (Å²) in [5.74, 6) is 1.02. The maximum absolute atomic E-state index is 5.73. The lowest BCUT2D eigenvalue weighted by Gasteiger charge is -2.08. The molecule has 0 N–H and O–H groups in total. The standard InChI is InChI=1S/C9H10ClNO2/c1-4-6-7(12-2)5-8(10)11-9(6)13-3/h4-5H,1H2,2-3H3. The van der Waals surface area contributed by atoms with Crippen molar-refractivity contribution >= 4 is 17.7 Å². The fraction of sp³-hybridized carbons (Fsp3) is 0.222. The zero-order valence-electron chi connectivity index (χ0n) is 7.50. The van der Waals surface area contributed by atoms with E-state index in [1.54, 1.807) is 19.3 Å². The summed E-state index contributed by atoms with van der Waals surface area (Å²) < 4.78 is 10.1.